The zero-order valence-electron chi connectivity index (χ0n) is 14.7. The van der Waals surface area contributed by atoms with Gasteiger partial charge in [0.25, 0.3) is 0 Å². The minimum atomic E-state index is -0.408. The van der Waals surface area contributed by atoms with Gasteiger partial charge in [-0.25, -0.2) is 4.79 Å². The van der Waals surface area contributed by atoms with Crippen molar-refractivity contribution in [3.05, 3.63) is 17.7 Å². The summed E-state index contributed by atoms with van der Waals surface area (Å²) in [5.41, 5.74) is 0.369. The molecule has 0 aliphatic carbocycles. The van der Waals surface area contributed by atoms with E-state index >= 15 is 0 Å². The zero-order chi connectivity index (χ0) is 17.5. The van der Waals surface area contributed by atoms with Gasteiger partial charge in [0.05, 0.1) is 40.1 Å². The molecule has 1 N–H and O–H groups in total. The fourth-order valence-corrected chi connectivity index (χ4v) is 2.76. The van der Waals surface area contributed by atoms with Crippen LogP contribution in [0.1, 0.15) is 17.3 Å². The van der Waals surface area contributed by atoms with Crippen LogP contribution in [0.25, 0.3) is 0 Å². The number of nitrogens with one attached hydrogen (secondary N) is 1. The molecule has 1 aliphatic heterocycles. The monoisotopic (exact) mass is 340 g/mol. The maximum atomic E-state index is 12.4. The van der Waals surface area contributed by atoms with Crippen LogP contribution in [-0.4, -0.2) is 66.3 Å². The van der Waals surface area contributed by atoms with Gasteiger partial charge in [-0.1, -0.05) is 0 Å². The number of quaternary nitrogens is 1. The summed E-state index contributed by atoms with van der Waals surface area (Å²) in [6, 6.07) is 3.19. The smallest absolute Gasteiger partial charge is 0.338 e. The van der Waals surface area contributed by atoms with E-state index in [4.69, 9.17) is 23.7 Å². The van der Waals surface area contributed by atoms with Gasteiger partial charge in [-0.3, -0.25) is 0 Å². The number of morpholine rings is 1. The summed E-state index contributed by atoms with van der Waals surface area (Å²) < 4.78 is 26.7. The molecule has 1 aromatic rings. The Balaban J connectivity index is 2.05. The minimum Gasteiger partial charge on any atom is -0.493 e. The highest BCUT2D eigenvalue weighted by Gasteiger charge is 2.22. The molecule has 1 aromatic carbocycles. The predicted octanol–water partition coefficient (Wildman–Crippen LogP) is 0.173. The van der Waals surface area contributed by atoms with Crippen LogP contribution in [0.4, 0.5) is 0 Å². The van der Waals surface area contributed by atoms with E-state index in [1.54, 1.807) is 12.1 Å². The van der Waals surface area contributed by atoms with Crippen molar-refractivity contribution in [3.8, 4) is 17.2 Å². The average molecular weight is 340 g/mol. The molecule has 1 aliphatic rings. The van der Waals surface area contributed by atoms with Gasteiger partial charge in [-0.15, -0.1) is 0 Å². The Labute approximate surface area is 142 Å². The Morgan fingerprint density at radius 3 is 2.21 bits per heavy atom. The van der Waals surface area contributed by atoms with E-state index in [9.17, 15) is 4.79 Å². The van der Waals surface area contributed by atoms with Gasteiger partial charge in [0.15, 0.2) is 11.5 Å². The third kappa shape index (κ3) is 4.52. The van der Waals surface area contributed by atoms with Crippen LogP contribution < -0.4 is 19.1 Å². The summed E-state index contributed by atoms with van der Waals surface area (Å²) in [6.07, 6.45) is -0.190. The number of methoxy groups -OCH3 is 3. The lowest BCUT2D eigenvalue weighted by Crippen LogP contribution is -3.15. The Hall–Kier alpha value is -1.99. The average Bonchev–Trinajstić information content (AvgIpc) is 2.60. The number of carbonyl (C=O) groups excluding carboxylic acids is 1. The van der Waals surface area contributed by atoms with Crippen molar-refractivity contribution in [2.45, 2.75) is 13.0 Å². The molecule has 0 saturated carbocycles. The largest absolute Gasteiger partial charge is 0.493 e. The van der Waals surface area contributed by atoms with Gasteiger partial charge < -0.3 is 28.6 Å². The molecule has 0 aromatic heterocycles. The van der Waals surface area contributed by atoms with Crippen LogP contribution in [0.2, 0.25) is 0 Å². The molecule has 2 rings (SSSR count). The second-order valence-corrected chi connectivity index (χ2v) is 5.70. The Morgan fingerprint density at radius 1 is 1.12 bits per heavy atom. The predicted molar refractivity (Wildman–Crippen MR) is 87.4 cm³/mol. The Kier molecular flexibility index (Phi) is 6.69. The van der Waals surface area contributed by atoms with Crippen LogP contribution in [0.15, 0.2) is 12.1 Å². The Morgan fingerprint density at radius 2 is 1.71 bits per heavy atom. The number of benzene rings is 1. The number of hydrogen-bond donors (Lipinski definition) is 1. The third-order valence-electron chi connectivity index (χ3n) is 3.98. The van der Waals surface area contributed by atoms with Crippen LogP contribution in [0, 0.1) is 0 Å². The highest BCUT2D eigenvalue weighted by molar-refractivity contribution is 5.91. The molecule has 0 spiro atoms. The van der Waals surface area contributed by atoms with Gasteiger partial charge in [0.1, 0.15) is 25.7 Å². The number of carbonyl (C=O) groups is 1. The lowest BCUT2D eigenvalue weighted by atomic mass is 10.2. The van der Waals surface area contributed by atoms with Gasteiger partial charge in [-0.2, -0.15) is 0 Å². The molecule has 0 radical (unpaired) electrons. The highest BCUT2D eigenvalue weighted by Crippen LogP contribution is 2.38. The van der Waals surface area contributed by atoms with E-state index in [0.29, 0.717) is 22.8 Å². The quantitative estimate of drug-likeness (QED) is 0.714. The van der Waals surface area contributed by atoms with E-state index in [1.165, 1.54) is 26.2 Å². The molecule has 1 atom stereocenters. The summed E-state index contributed by atoms with van der Waals surface area (Å²) in [5.74, 6) is 0.891. The van der Waals surface area contributed by atoms with E-state index < -0.39 is 5.97 Å². The van der Waals surface area contributed by atoms with E-state index in [1.807, 2.05) is 6.92 Å². The molecule has 1 saturated heterocycles. The fraction of sp³-hybridized carbons (Fsp3) is 0.588. The standard InChI is InChI=1S/C17H25NO6/c1-12(11-18-5-7-23-8-6-18)24-17(19)13-9-14(20-2)16(22-4)15(10-13)21-3/h9-10,12H,5-8,11H2,1-4H3/p+1. The van der Waals surface area contributed by atoms with E-state index in [0.717, 1.165) is 32.8 Å². The van der Waals surface area contributed by atoms with Crippen molar-refractivity contribution >= 4 is 5.97 Å². The molecular weight excluding hydrogens is 314 g/mol. The van der Waals surface area contributed by atoms with Crippen molar-refractivity contribution in [1.29, 1.82) is 0 Å². The van der Waals surface area contributed by atoms with Gasteiger partial charge in [-0.05, 0) is 19.1 Å². The molecule has 1 heterocycles. The summed E-state index contributed by atoms with van der Waals surface area (Å²) in [7, 11) is 4.54. The molecule has 1 fully saturated rings. The fourth-order valence-electron chi connectivity index (χ4n) is 2.76. The summed E-state index contributed by atoms with van der Waals surface area (Å²) >= 11 is 0. The van der Waals surface area contributed by atoms with E-state index in [-0.39, 0.29) is 6.10 Å². The molecule has 0 bridgehead atoms. The number of esters is 1. The summed E-state index contributed by atoms with van der Waals surface area (Å²) in [6.45, 7) is 6.04. The molecule has 134 valence electrons. The maximum absolute atomic E-state index is 12.4. The first-order valence-corrected chi connectivity index (χ1v) is 8.01. The normalized spacial score (nSPS) is 16.3. The Bertz CT molecular complexity index is 531. The van der Waals surface area contributed by atoms with Gasteiger partial charge in [0.2, 0.25) is 5.75 Å². The molecular formula is C17H26NO6+. The first-order chi connectivity index (χ1) is 11.6. The van der Waals surface area contributed by atoms with Gasteiger partial charge in [0, 0.05) is 0 Å². The second-order valence-electron chi connectivity index (χ2n) is 5.70. The van der Waals surface area contributed by atoms with Crippen LogP contribution in [-0.2, 0) is 9.47 Å². The third-order valence-corrected chi connectivity index (χ3v) is 3.98. The molecule has 24 heavy (non-hydrogen) atoms. The number of ether oxygens (including phenoxy) is 5. The second kappa shape index (κ2) is 8.75. The number of rotatable bonds is 7. The molecule has 1 unspecified atom stereocenters. The van der Waals surface area contributed by atoms with E-state index in [2.05, 4.69) is 0 Å². The summed E-state index contributed by atoms with van der Waals surface area (Å²) in [5, 5.41) is 0. The highest BCUT2D eigenvalue weighted by atomic mass is 16.5. The zero-order valence-corrected chi connectivity index (χ0v) is 14.7. The van der Waals surface area contributed by atoms with Crippen molar-refractivity contribution in [1.82, 2.24) is 0 Å². The van der Waals surface area contributed by atoms with Gasteiger partial charge >= 0.3 is 5.97 Å². The summed E-state index contributed by atoms with van der Waals surface area (Å²) in [4.78, 5) is 13.8. The van der Waals surface area contributed by atoms with Crippen molar-refractivity contribution in [3.63, 3.8) is 0 Å². The molecule has 7 nitrogen and oxygen atoms in total. The maximum Gasteiger partial charge on any atom is 0.338 e. The molecule has 0 amide bonds. The van der Waals surface area contributed by atoms with Crippen molar-refractivity contribution in [2.75, 3.05) is 54.2 Å². The van der Waals surface area contributed by atoms with Crippen LogP contribution in [0.3, 0.4) is 0 Å². The first kappa shape index (κ1) is 18.4. The van der Waals surface area contributed by atoms with Crippen LogP contribution >= 0.6 is 0 Å². The molecule has 7 heteroatoms. The SMILES string of the molecule is COc1cc(C(=O)OC(C)C[NH+]2CCOCC2)cc(OC)c1OC. The topological polar surface area (TPSA) is 67.7 Å². The van der Waals surface area contributed by atoms with Crippen molar-refractivity contribution < 1.29 is 33.4 Å². The lowest BCUT2D eigenvalue weighted by molar-refractivity contribution is -0.910. The minimum absolute atomic E-state index is 0.190. The van der Waals surface area contributed by atoms with Crippen molar-refractivity contribution in [2.24, 2.45) is 0 Å². The lowest BCUT2D eigenvalue weighted by Gasteiger charge is -2.26. The van der Waals surface area contributed by atoms with Crippen LogP contribution in [0.5, 0.6) is 17.2 Å². The first-order valence-electron chi connectivity index (χ1n) is 8.01. The number of hydrogen-bond acceptors (Lipinski definition) is 6.